The maximum atomic E-state index is 13.0. The summed E-state index contributed by atoms with van der Waals surface area (Å²) in [5, 5.41) is 6.77. The molecule has 2 aromatic carbocycles. The molecular weight excluding hydrogens is 476 g/mol. The second-order valence-corrected chi connectivity index (χ2v) is 13.0. The molecule has 0 fully saturated rings. The summed E-state index contributed by atoms with van der Waals surface area (Å²) in [6, 6.07) is 15.6. The third-order valence-corrected chi connectivity index (χ3v) is 8.66. The van der Waals surface area contributed by atoms with E-state index < -0.39 is 14.8 Å². The number of thiophene rings is 1. The highest BCUT2D eigenvalue weighted by Gasteiger charge is 2.32. The van der Waals surface area contributed by atoms with E-state index in [-0.39, 0.29) is 5.56 Å². The average Bonchev–Trinajstić information content (AvgIpc) is 3.47. The number of para-hydroxylation sites is 1. The Morgan fingerprint density at radius 1 is 1.12 bits per heavy atom. The van der Waals surface area contributed by atoms with Crippen LogP contribution < -0.4 is 0 Å². The number of benzene rings is 2. The molecule has 5 rings (SSSR count). The first kappa shape index (κ1) is 21.9. The predicted molar refractivity (Wildman–Crippen MR) is 132 cm³/mol. The summed E-state index contributed by atoms with van der Waals surface area (Å²) in [7, 11) is -1.48. The Bertz CT molecular complexity index is 1460. The smallest absolute Gasteiger partial charge is 0.339 e. The van der Waals surface area contributed by atoms with Crippen LogP contribution in [-0.4, -0.2) is 37.5 Å². The van der Waals surface area contributed by atoms with Gasteiger partial charge in [-0.25, -0.2) is 17.9 Å². The number of fused-ring (bicyclic) bond motifs is 3. The first-order valence-electron chi connectivity index (χ1n) is 10.2. The molecule has 0 bridgehead atoms. The van der Waals surface area contributed by atoms with Crippen LogP contribution in [0.3, 0.4) is 0 Å². The predicted octanol–water partition coefficient (Wildman–Crippen LogP) is 5.20. The Labute approximate surface area is 199 Å². The summed E-state index contributed by atoms with van der Waals surface area (Å²) in [4.78, 5) is 14.4. The van der Waals surface area contributed by atoms with Crippen molar-refractivity contribution in [2.24, 2.45) is 0 Å². The molecule has 9 heteroatoms. The molecule has 0 unspecified atom stereocenters. The van der Waals surface area contributed by atoms with E-state index >= 15 is 0 Å². The second-order valence-electron chi connectivity index (χ2n) is 7.68. The topological polar surface area (TPSA) is 78.3 Å². The summed E-state index contributed by atoms with van der Waals surface area (Å²) in [5.41, 5.74) is 5.55. The van der Waals surface area contributed by atoms with Crippen LogP contribution in [0.4, 0.5) is 0 Å². The van der Waals surface area contributed by atoms with Gasteiger partial charge >= 0.3 is 5.97 Å². The molecule has 0 atom stereocenters. The highest BCUT2D eigenvalue weighted by Crippen LogP contribution is 2.46. The number of carbonyl (C=O) groups is 1. The maximum Gasteiger partial charge on any atom is 0.339 e. The molecule has 6 nitrogen and oxygen atoms in total. The molecule has 0 N–H and O–H groups in total. The number of hydrogen-bond donors (Lipinski definition) is 0. The fraction of sp³-hybridized carbons (Fsp3) is 0.167. The summed E-state index contributed by atoms with van der Waals surface area (Å²) in [6.45, 7) is 0. The van der Waals surface area contributed by atoms with Crippen molar-refractivity contribution in [3.63, 3.8) is 0 Å². The SMILES string of the molecule is COC(=O)c1c(SS(C)(=O)=O)cc(-c2cccs2)c2c1-c1cn(-c3ccccc3)nc1CC2. The van der Waals surface area contributed by atoms with Gasteiger partial charge in [0.15, 0.2) is 0 Å². The molecule has 168 valence electrons. The van der Waals surface area contributed by atoms with Gasteiger partial charge in [-0.1, -0.05) is 24.3 Å². The van der Waals surface area contributed by atoms with Crippen molar-refractivity contribution in [3.8, 4) is 27.3 Å². The van der Waals surface area contributed by atoms with E-state index in [0.29, 0.717) is 27.7 Å². The number of hydrogen-bond acceptors (Lipinski definition) is 7. The van der Waals surface area contributed by atoms with E-state index in [9.17, 15) is 13.2 Å². The lowest BCUT2D eigenvalue weighted by atomic mass is 9.83. The first-order chi connectivity index (χ1) is 15.9. The third kappa shape index (κ3) is 4.12. The monoisotopic (exact) mass is 496 g/mol. The lowest BCUT2D eigenvalue weighted by molar-refractivity contribution is 0.0597. The van der Waals surface area contributed by atoms with Crippen LogP contribution in [0.25, 0.3) is 27.3 Å². The third-order valence-electron chi connectivity index (χ3n) is 5.51. The minimum Gasteiger partial charge on any atom is -0.465 e. The van der Waals surface area contributed by atoms with Gasteiger partial charge in [-0.15, -0.1) is 11.3 Å². The summed E-state index contributed by atoms with van der Waals surface area (Å²) >= 11 is 1.58. The molecule has 0 spiro atoms. The Balaban J connectivity index is 1.83. The average molecular weight is 497 g/mol. The molecule has 1 aliphatic carbocycles. The number of nitrogens with zero attached hydrogens (tertiary/aromatic N) is 2. The van der Waals surface area contributed by atoms with Crippen molar-refractivity contribution in [2.45, 2.75) is 17.7 Å². The zero-order chi connectivity index (χ0) is 23.2. The number of carbonyl (C=O) groups excluding carboxylic acids is 1. The molecule has 2 aromatic heterocycles. The van der Waals surface area contributed by atoms with Crippen LogP contribution in [0, 0.1) is 0 Å². The van der Waals surface area contributed by atoms with Crippen molar-refractivity contribution in [1.82, 2.24) is 9.78 Å². The number of esters is 1. The molecule has 1 aliphatic rings. The lowest BCUT2D eigenvalue weighted by Gasteiger charge is -2.23. The van der Waals surface area contributed by atoms with Crippen molar-refractivity contribution >= 4 is 37.0 Å². The van der Waals surface area contributed by atoms with E-state index in [4.69, 9.17) is 9.84 Å². The van der Waals surface area contributed by atoms with Gasteiger partial charge in [-0.2, -0.15) is 5.10 Å². The quantitative estimate of drug-likeness (QED) is 0.279. The molecule has 33 heavy (non-hydrogen) atoms. The van der Waals surface area contributed by atoms with Gasteiger partial charge in [0, 0.05) is 44.1 Å². The Morgan fingerprint density at radius 3 is 2.58 bits per heavy atom. The molecule has 4 aromatic rings. The van der Waals surface area contributed by atoms with E-state index in [1.807, 2.05) is 64.8 Å². The van der Waals surface area contributed by atoms with Crippen LogP contribution in [-0.2, 0) is 26.4 Å². The van der Waals surface area contributed by atoms with Gasteiger partial charge in [-0.05, 0) is 53.6 Å². The van der Waals surface area contributed by atoms with Gasteiger partial charge in [-0.3, -0.25) is 0 Å². The van der Waals surface area contributed by atoms with Gasteiger partial charge in [0.25, 0.3) is 0 Å². The van der Waals surface area contributed by atoms with Crippen molar-refractivity contribution in [2.75, 3.05) is 13.4 Å². The van der Waals surface area contributed by atoms with Gasteiger partial charge in [0.1, 0.15) is 0 Å². The molecule has 0 saturated carbocycles. The van der Waals surface area contributed by atoms with E-state index in [1.165, 1.54) is 7.11 Å². The number of rotatable bonds is 5. The minimum atomic E-state index is -3.48. The zero-order valence-electron chi connectivity index (χ0n) is 17.9. The Hall–Kier alpha value is -2.88. The van der Waals surface area contributed by atoms with Gasteiger partial charge in [0.2, 0.25) is 8.87 Å². The van der Waals surface area contributed by atoms with Crippen molar-refractivity contribution in [3.05, 3.63) is 76.9 Å². The fourth-order valence-electron chi connectivity index (χ4n) is 4.20. The Morgan fingerprint density at radius 2 is 1.91 bits per heavy atom. The lowest BCUT2D eigenvalue weighted by Crippen LogP contribution is -2.14. The normalized spacial score (nSPS) is 12.8. The molecular formula is C24H20N2O4S3. The van der Waals surface area contributed by atoms with E-state index in [0.717, 1.165) is 45.6 Å². The molecule has 0 amide bonds. The standard InChI is InChI=1S/C24H20N2O4S3/c1-30-24(27)23-21(32-33(2,28)29)13-17(20-9-6-12-31-20)16-10-11-19-18(22(16)23)14-26(25-19)15-7-4-3-5-8-15/h3-9,12-14H,10-11H2,1-2H3. The van der Waals surface area contributed by atoms with E-state index in [2.05, 4.69) is 0 Å². The van der Waals surface area contributed by atoms with Crippen LogP contribution in [0.5, 0.6) is 0 Å². The number of aromatic nitrogens is 2. The number of ether oxygens (including phenoxy) is 1. The van der Waals surface area contributed by atoms with Crippen molar-refractivity contribution in [1.29, 1.82) is 0 Å². The highest BCUT2D eigenvalue weighted by atomic mass is 33.1. The summed E-state index contributed by atoms with van der Waals surface area (Å²) in [5.74, 6) is -0.560. The molecule has 0 saturated heterocycles. The fourth-order valence-corrected chi connectivity index (χ4v) is 7.10. The number of aryl methyl sites for hydroxylation is 1. The zero-order valence-corrected chi connectivity index (χ0v) is 20.4. The van der Waals surface area contributed by atoms with Crippen LogP contribution in [0.1, 0.15) is 21.6 Å². The van der Waals surface area contributed by atoms with Crippen LogP contribution in [0.2, 0.25) is 0 Å². The highest BCUT2D eigenvalue weighted by molar-refractivity contribution is 8.71. The largest absolute Gasteiger partial charge is 0.465 e. The summed E-state index contributed by atoms with van der Waals surface area (Å²) < 4.78 is 31.5. The molecule has 0 aliphatic heterocycles. The Kier molecular flexibility index (Phi) is 5.64. The summed E-state index contributed by atoms with van der Waals surface area (Å²) in [6.07, 6.45) is 4.47. The van der Waals surface area contributed by atoms with Gasteiger partial charge < -0.3 is 4.74 Å². The minimum absolute atomic E-state index is 0.275. The van der Waals surface area contributed by atoms with Crippen LogP contribution in [0.15, 0.2) is 65.0 Å². The second kappa shape index (κ2) is 8.48. The first-order valence-corrected chi connectivity index (χ1v) is 14.3. The van der Waals surface area contributed by atoms with Crippen molar-refractivity contribution < 1.29 is 17.9 Å². The molecule has 2 heterocycles. The van der Waals surface area contributed by atoms with Gasteiger partial charge in [0.05, 0.1) is 24.1 Å². The molecule has 0 radical (unpaired) electrons. The number of methoxy groups -OCH3 is 1. The van der Waals surface area contributed by atoms with Crippen LogP contribution >= 0.6 is 22.1 Å². The van der Waals surface area contributed by atoms with E-state index in [1.54, 1.807) is 11.3 Å². The maximum absolute atomic E-state index is 13.0.